The van der Waals surface area contributed by atoms with Gasteiger partial charge in [0.05, 0.1) is 5.56 Å². The molecule has 0 aliphatic heterocycles. The first kappa shape index (κ1) is 10.7. The second-order valence-corrected chi connectivity index (χ2v) is 5.01. The van der Waals surface area contributed by atoms with Gasteiger partial charge in [-0.2, -0.15) is 5.26 Å². The topological polar surface area (TPSA) is 49.8 Å². The lowest BCUT2D eigenvalue weighted by atomic mass is 10.0. The Balaban J connectivity index is 2.69. The van der Waals surface area contributed by atoms with E-state index in [0.29, 0.717) is 10.6 Å². The lowest BCUT2D eigenvalue weighted by Gasteiger charge is -2.02. The predicted molar refractivity (Wildman–Crippen MR) is 68.4 cm³/mol. The third-order valence-electron chi connectivity index (χ3n) is 2.53. The van der Waals surface area contributed by atoms with Crippen LogP contribution in [0.4, 0.5) is 5.00 Å². The lowest BCUT2D eigenvalue weighted by Crippen LogP contribution is -1.86. The van der Waals surface area contributed by atoms with E-state index >= 15 is 0 Å². The number of rotatable bonds is 1. The molecular weight excluding hydrogens is 216 g/mol. The minimum Gasteiger partial charge on any atom is -0.389 e. The number of aryl methyl sites for hydroxylation is 2. The van der Waals surface area contributed by atoms with Gasteiger partial charge < -0.3 is 5.73 Å². The maximum Gasteiger partial charge on any atom is 0.105 e. The number of thiophene rings is 1. The third kappa shape index (κ3) is 1.68. The number of nitriles is 1. The van der Waals surface area contributed by atoms with Gasteiger partial charge in [-0.05, 0) is 19.4 Å². The summed E-state index contributed by atoms with van der Waals surface area (Å²) >= 11 is 1.48. The van der Waals surface area contributed by atoms with Gasteiger partial charge in [-0.1, -0.05) is 29.8 Å². The van der Waals surface area contributed by atoms with Crippen LogP contribution in [0.25, 0.3) is 11.1 Å². The van der Waals surface area contributed by atoms with Crippen molar-refractivity contribution in [2.75, 3.05) is 5.73 Å². The van der Waals surface area contributed by atoms with Crippen LogP contribution in [0.2, 0.25) is 0 Å². The number of nitrogens with two attached hydrogens (primary N) is 1. The van der Waals surface area contributed by atoms with Crippen molar-refractivity contribution in [3.63, 3.8) is 0 Å². The average Bonchev–Trinajstić information content (AvgIpc) is 2.52. The Hall–Kier alpha value is -1.79. The largest absolute Gasteiger partial charge is 0.389 e. The first-order valence-electron chi connectivity index (χ1n) is 4.99. The maximum atomic E-state index is 9.12. The molecule has 0 aliphatic rings. The molecule has 0 radical (unpaired) electrons. The Bertz CT molecular complexity index is 576. The fourth-order valence-corrected chi connectivity index (χ4v) is 2.73. The Morgan fingerprint density at radius 3 is 2.69 bits per heavy atom. The Morgan fingerprint density at radius 2 is 2.06 bits per heavy atom. The molecule has 80 valence electrons. The highest BCUT2D eigenvalue weighted by Gasteiger charge is 2.14. The maximum absolute atomic E-state index is 9.12. The molecule has 0 unspecified atom stereocenters. The van der Waals surface area contributed by atoms with Crippen LogP contribution in [0.1, 0.15) is 16.0 Å². The molecule has 0 atom stereocenters. The minimum absolute atomic E-state index is 0.605. The summed E-state index contributed by atoms with van der Waals surface area (Å²) in [6, 6.07) is 10.3. The summed E-state index contributed by atoms with van der Waals surface area (Å²) in [5.41, 5.74) is 9.67. The van der Waals surface area contributed by atoms with E-state index in [1.54, 1.807) is 0 Å². The van der Waals surface area contributed by atoms with Crippen LogP contribution in [-0.2, 0) is 0 Å². The van der Waals surface area contributed by atoms with Gasteiger partial charge >= 0.3 is 0 Å². The first-order chi connectivity index (χ1) is 7.63. The van der Waals surface area contributed by atoms with E-state index in [0.717, 1.165) is 16.0 Å². The molecule has 3 heteroatoms. The van der Waals surface area contributed by atoms with Gasteiger partial charge in [-0.25, -0.2) is 0 Å². The summed E-state index contributed by atoms with van der Waals surface area (Å²) in [6.45, 7) is 4.04. The molecule has 0 bridgehead atoms. The van der Waals surface area contributed by atoms with Gasteiger partial charge in [-0.3, -0.25) is 0 Å². The molecule has 16 heavy (non-hydrogen) atoms. The zero-order chi connectivity index (χ0) is 11.7. The molecule has 0 amide bonds. The molecule has 2 nitrogen and oxygen atoms in total. The van der Waals surface area contributed by atoms with Gasteiger partial charge in [0.15, 0.2) is 0 Å². The highest BCUT2D eigenvalue weighted by Crippen LogP contribution is 2.37. The molecule has 1 aromatic carbocycles. The highest BCUT2D eigenvalue weighted by molar-refractivity contribution is 7.16. The second-order valence-electron chi connectivity index (χ2n) is 3.75. The molecule has 0 spiro atoms. The van der Waals surface area contributed by atoms with Crippen molar-refractivity contribution in [2.45, 2.75) is 13.8 Å². The summed E-state index contributed by atoms with van der Waals surface area (Å²) in [5, 5.41) is 9.73. The van der Waals surface area contributed by atoms with Crippen molar-refractivity contribution in [1.29, 1.82) is 5.26 Å². The van der Waals surface area contributed by atoms with Gasteiger partial charge in [0.1, 0.15) is 11.1 Å². The summed E-state index contributed by atoms with van der Waals surface area (Å²) in [4.78, 5) is 1.10. The SMILES string of the molecule is Cc1cccc(-c2c(C)sc(N)c2C#N)c1. The van der Waals surface area contributed by atoms with Crippen molar-refractivity contribution < 1.29 is 0 Å². The molecule has 0 saturated heterocycles. The van der Waals surface area contributed by atoms with Crippen LogP contribution in [0.15, 0.2) is 24.3 Å². The summed E-state index contributed by atoms with van der Waals surface area (Å²) in [6.07, 6.45) is 0. The number of anilines is 1. The predicted octanol–water partition coefficient (Wildman–Crippen LogP) is 3.49. The van der Waals surface area contributed by atoms with Crippen molar-refractivity contribution in [3.05, 3.63) is 40.3 Å². The molecule has 0 aliphatic carbocycles. The molecule has 2 aromatic rings. The molecule has 0 saturated carbocycles. The first-order valence-corrected chi connectivity index (χ1v) is 5.81. The van der Waals surface area contributed by atoms with Gasteiger partial charge in [0.25, 0.3) is 0 Å². The number of hydrogen-bond donors (Lipinski definition) is 1. The number of hydrogen-bond acceptors (Lipinski definition) is 3. The van der Waals surface area contributed by atoms with Crippen LogP contribution < -0.4 is 5.73 Å². The Kier molecular flexibility index (Phi) is 2.67. The van der Waals surface area contributed by atoms with Crippen LogP contribution in [0.5, 0.6) is 0 Å². The van der Waals surface area contributed by atoms with Gasteiger partial charge in [-0.15, -0.1) is 11.3 Å². The van der Waals surface area contributed by atoms with Crippen molar-refractivity contribution in [2.24, 2.45) is 0 Å². The average molecular weight is 228 g/mol. The lowest BCUT2D eigenvalue weighted by molar-refractivity contribution is 1.45. The quantitative estimate of drug-likeness (QED) is 0.812. The van der Waals surface area contributed by atoms with Crippen molar-refractivity contribution >= 4 is 16.3 Å². The van der Waals surface area contributed by atoms with E-state index in [-0.39, 0.29) is 0 Å². The summed E-state index contributed by atoms with van der Waals surface area (Å²) < 4.78 is 0. The fraction of sp³-hybridized carbons (Fsp3) is 0.154. The molecular formula is C13H12N2S. The number of nitrogen functional groups attached to an aromatic ring is 1. The van der Waals surface area contributed by atoms with Crippen molar-refractivity contribution in [3.8, 4) is 17.2 Å². The third-order valence-corrected chi connectivity index (χ3v) is 3.46. The number of nitrogens with zero attached hydrogens (tertiary/aromatic N) is 1. The molecule has 1 heterocycles. The Morgan fingerprint density at radius 1 is 1.31 bits per heavy atom. The molecule has 1 aromatic heterocycles. The van der Waals surface area contributed by atoms with Crippen LogP contribution in [-0.4, -0.2) is 0 Å². The van der Waals surface area contributed by atoms with Crippen LogP contribution in [0, 0.1) is 25.2 Å². The van der Waals surface area contributed by atoms with E-state index < -0.39 is 0 Å². The zero-order valence-electron chi connectivity index (χ0n) is 9.24. The molecule has 0 fully saturated rings. The Labute approximate surface area is 99.0 Å². The van der Waals surface area contributed by atoms with Crippen LogP contribution in [0.3, 0.4) is 0 Å². The standard InChI is InChI=1S/C13H12N2S/c1-8-4-3-5-10(6-8)12-9(2)16-13(15)11(12)7-14/h3-6H,15H2,1-2H3. The molecule has 2 rings (SSSR count). The van der Waals surface area contributed by atoms with E-state index in [1.165, 1.54) is 16.9 Å². The van der Waals surface area contributed by atoms with E-state index in [4.69, 9.17) is 11.0 Å². The normalized spacial score (nSPS) is 10.1. The summed E-state index contributed by atoms with van der Waals surface area (Å²) in [5.74, 6) is 0. The van der Waals surface area contributed by atoms with E-state index in [2.05, 4.69) is 12.1 Å². The van der Waals surface area contributed by atoms with E-state index in [9.17, 15) is 0 Å². The minimum atomic E-state index is 0.605. The van der Waals surface area contributed by atoms with Crippen LogP contribution >= 0.6 is 11.3 Å². The van der Waals surface area contributed by atoms with Crippen molar-refractivity contribution in [1.82, 2.24) is 0 Å². The van der Waals surface area contributed by atoms with Gasteiger partial charge in [0, 0.05) is 10.4 Å². The highest BCUT2D eigenvalue weighted by atomic mass is 32.1. The zero-order valence-corrected chi connectivity index (χ0v) is 10.1. The monoisotopic (exact) mass is 228 g/mol. The second kappa shape index (κ2) is 3.99. The molecule has 2 N–H and O–H groups in total. The summed E-state index contributed by atoms with van der Waals surface area (Å²) in [7, 11) is 0. The fourth-order valence-electron chi connectivity index (χ4n) is 1.83. The number of benzene rings is 1. The smallest absolute Gasteiger partial charge is 0.105 e. The van der Waals surface area contributed by atoms with Gasteiger partial charge in [0.2, 0.25) is 0 Å². The van der Waals surface area contributed by atoms with E-state index in [1.807, 2.05) is 32.0 Å².